The number of nitrogens with zero attached hydrogens (tertiary/aromatic N) is 1. The highest BCUT2D eigenvalue weighted by molar-refractivity contribution is 7.67. The monoisotopic (exact) mass is 992 g/mol. The molecule has 22 nitrogen and oxygen atoms in total. The molecule has 1 aliphatic rings. The van der Waals surface area contributed by atoms with Crippen molar-refractivity contribution in [3.05, 3.63) is 104 Å². The van der Waals surface area contributed by atoms with Crippen LogP contribution in [0.2, 0.25) is 0 Å². The second-order valence-corrected chi connectivity index (χ2v) is 19.6. The first-order chi connectivity index (χ1) is 30.5. The number of aryl methyl sites for hydroxylation is 1. The molecule has 9 N–H and O–H groups in total. The molecule has 0 radical (unpaired) electrons. The summed E-state index contributed by atoms with van der Waals surface area (Å²) in [7, 11) is -16.5. The highest BCUT2D eigenvalue weighted by Crippen LogP contribution is 2.69. The van der Waals surface area contributed by atoms with E-state index in [1.54, 1.807) is 0 Å². The molecular weight excluding hydrogens is 929 g/mol. The van der Waals surface area contributed by atoms with Crippen LogP contribution < -0.4 is 33.0 Å². The molecule has 2 aromatic carbocycles. The van der Waals surface area contributed by atoms with E-state index in [1.807, 2.05) is 6.92 Å². The van der Waals surface area contributed by atoms with Crippen molar-refractivity contribution < 1.29 is 74.2 Å². The average Bonchev–Trinajstić information content (AvgIpc) is 3.71. The Hall–Kier alpha value is -4.11. The number of H-pyrrole nitrogens is 1. The highest BCUT2D eigenvalue weighted by atomic mass is 31.3. The standard InChI is InChI=1S/C41H57N2O18P3.2H3N/c1-4-6-7-8-9-10-11-12-13-14-26-53-41(47)59-35-22-18-33(19-23-35)29-56-64(52,55-28-32-16-20-34(21-17-32)58-38(44)15-5-2)61-63(50,51)60-62(48,49)54-30-36-24-25-37(57-36)43-27-31(3)39(45)42-40(43)46;;/h16-25,27,36-37H,4-15,26,28-30H2,1-3H3,(H,48,49)(H,50,51)(H,42,45,46);2*1H3/t36-,37+,64?;;/m0../s1. The molecule has 0 amide bonds. The molecule has 4 rings (SSSR count). The highest BCUT2D eigenvalue weighted by Gasteiger charge is 2.44. The molecule has 3 unspecified atom stereocenters. The van der Waals surface area contributed by atoms with Gasteiger partial charge in [0.15, 0.2) is 6.23 Å². The summed E-state index contributed by atoms with van der Waals surface area (Å²) < 4.78 is 86.8. The normalized spacial score (nSPS) is 17.0. The van der Waals surface area contributed by atoms with Gasteiger partial charge in [-0.05, 0) is 61.2 Å². The van der Waals surface area contributed by atoms with Crippen molar-refractivity contribution >= 4 is 35.6 Å². The van der Waals surface area contributed by atoms with Crippen molar-refractivity contribution in [2.24, 2.45) is 0 Å². The zero-order valence-electron chi connectivity index (χ0n) is 37.4. The van der Waals surface area contributed by atoms with E-state index in [-0.39, 0.29) is 42.4 Å². The lowest BCUT2D eigenvalue weighted by atomic mass is 10.1. The molecule has 0 bridgehead atoms. The number of phosphoric ester groups is 2. The predicted octanol–water partition coefficient (Wildman–Crippen LogP) is 9.56. The smallest absolute Gasteiger partial charge is 0.434 e. The van der Waals surface area contributed by atoms with Gasteiger partial charge in [0.2, 0.25) is 0 Å². The van der Waals surface area contributed by atoms with Gasteiger partial charge in [-0.15, -0.1) is 0 Å². The quantitative estimate of drug-likeness (QED) is 0.0108. The molecule has 25 heteroatoms. The topological polar surface area (TPSA) is 334 Å². The molecule has 0 aliphatic carbocycles. The van der Waals surface area contributed by atoms with Crippen molar-refractivity contribution in [1.29, 1.82) is 0 Å². The van der Waals surface area contributed by atoms with E-state index in [4.69, 9.17) is 36.8 Å². The molecule has 5 atom stereocenters. The van der Waals surface area contributed by atoms with Crippen molar-refractivity contribution in [3.63, 3.8) is 0 Å². The van der Waals surface area contributed by atoms with Gasteiger partial charge in [0.25, 0.3) is 5.56 Å². The Morgan fingerprint density at radius 2 is 1.26 bits per heavy atom. The summed E-state index contributed by atoms with van der Waals surface area (Å²) in [4.78, 5) is 71.0. The van der Waals surface area contributed by atoms with E-state index in [9.17, 15) is 42.7 Å². The lowest BCUT2D eigenvalue weighted by Gasteiger charge is -2.22. The van der Waals surface area contributed by atoms with Gasteiger partial charge < -0.3 is 41.0 Å². The number of rotatable bonds is 29. The van der Waals surface area contributed by atoms with Crippen LogP contribution in [0, 0.1) is 6.92 Å². The largest absolute Gasteiger partial charge is 0.513 e. The fourth-order valence-corrected chi connectivity index (χ4v) is 9.97. The molecule has 1 aliphatic heterocycles. The van der Waals surface area contributed by atoms with Gasteiger partial charge in [0.05, 0.1) is 26.4 Å². The molecule has 0 spiro atoms. The van der Waals surface area contributed by atoms with Crippen molar-refractivity contribution in [2.75, 3.05) is 13.2 Å². The molecular formula is C41H63N4O18P3. The fourth-order valence-electron chi connectivity index (χ4n) is 5.94. The number of carbonyl (C=O) groups excluding carboxylic acids is 2. The summed E-state index contributed by atoms with van der Waals surface area (Å²) >= 11 is 0. The van der Waals surface area contributed by atoms with E-state index in [0.29, 0.717) is 24.0 Å². The number of carbonyl (C=O) groups is 2. The minimum Gasteiger partial charge on any atom is -0.434 e. The first-order valence-electron chi connectivity index (χ1n) is 21.0. The fraction of sp³-hybridized carbons (Fsp3) is 0.512. The molecule has 2 heterocycles. The summed E-state index contributed by atoms with van der Waals surface area (Å²) in [6, 6.07) is 11.4. The van der Waals surface area contributed by atoms with Crippen LogP contribution in [-0.2, 0) is 63.4 Å². The van der Waals surface area contributed by atoms with E-state index < -0.39 is 79.0 Å². The minimum absolute atomic E-state index is 0. The van der Waals surface area contributed by atoms with Gasteiger partial charge in [-0.25, -0.2) is 23.3 Å². The van der Waals surface area contributed by atoms with E-state index >= 15 is 0 Å². The van der Waals surface area contributed by atoms with Gasteiger partial charge in [0, 0.05) is 18.2 Å². The maximum Gasteiger partial charge on any atom is 0.513 e. The third-order valence-corrected chi connectivity index (χ3v) is 13.9. The van der Waals surface area contributed by atoms with Crippen LogP contribution in [0.4, 0.5) is 4.79 Å². The summed E-state index contributed by atoms with van der Waals surface area (Å²) in [5.74, 6) is -0.110. The van der Waals surface area contributed by atoms with Crippen LogP contribution in [0.5, 0.6) is 11.5 Å². The second kappa shape index (κ2) is 28.9. The van der Waals surface area contributed by atoms with Crippen molar-refractivity contribution in [1.82, 2.24) is 21.9 Å². The molecule has 66 heavy (non-hydrogen) atoms. The van der Waals surface area contributed by atoms with E-state index in [2.05, 4.69) is 16.2 Å². The molecule has 0 saturated heterocycles. The van der Waals surface area contributed by atoms with Crippen LogP contribution in [0.25, 0.3) is 0 Å². The van der Waals surface area contributed by atoms with Crippen LogP contribution in [0.3, 0.4) is 0 Å². The summed E-state index contributed by atoms with van der Waals surface area (Å²) in [6.45, 7) is 3.81. The summed E-state index contributed by atoms with van der Waals surface area (Å²) in [5, 5.41) is 0. The predicted molar refractivity (Wildman–Crippen MR) is 241 cm³/mol. The molecule has 0 saturated carbocycles. The lowest BCUT2D eigenvalue weighted by molar-refractivity contribution is -0.134. The van der Waals surface area contributed by atoms with Gasteiger partial charge >= 0.3 is 41.3 Å². The number of hydrogen-bond acceptors (Lipinski definition) is 18. The molecule has 0 fully saturated rings. The Kier molecular flexibility index (Phi) is 25.4. The number of unbranched alkanes of at least 4 members (excludes halogenated alkanes) is 9. The van der Waals surface area contributed by atoms with Gasteiger partial charge in [0.1, 0.15) is 17.6 Å². The zero-order chi connectivity index (χ0) is 46.6. The van der Waals surface area contributed by atoms with E-state index in [0.717, 1.165) is 23.8 Å². The Labute approximate surface area is 383 Å². The first kappa shape index (κ1) is 58.0. The lowest BCUT2D eigenvalue weighted by Crippen LogP contribution is -2.33. The van der Waals surface area contributed by atoms with Gasteiger partial charge in [-0.1, -0.05) is 102 Å². The number of aromatic amines is 1. The summed E-state index contributed by atoms with van der Waals surface area (Å²) in [5.41, 5.74) is -0.544. The average molecular weight is 993 g/mol. The number of ether oxygens (including phenoxy) is 4. The van der Waals surface area contributed by atoms with Crippen molar-refractivity contribution in [3.8, 4) is 11.5 Å². The van der Waals surface area contributed by atoms with Crippen LogP contribution in [0.15, 0.2) is 76.5 Å². The minimum atomic E-state index is -5.81. The third kappa shape index (κ3) is 21.2. The second-order valence-electron chi connectivity index (χ2n) is 14.7. The first-order valence-corrected chi connectivity index (χ1v) is 25.4. The molecule has 3 aromatic rings. The molecule has 370 valence electrons. The Bertz CT molecular complexity index is 2250. The number of nitrogens with one attached hydrogen (secondary N) is 1. The number of aromatic nitrogens is 2. The van der Waals surface area contributed by atoms with Gasteiger partial charge in [-0.3, -0.25) is 32.7 Å². The van der Waals surface area contributed by atoms with Gasteiger partial charge in [-0.2, -0.15) is 8.62 Å². The summed E-state index contributed by atoms with van der Waals surface area (Å²) in [6.07, 6.45) is 13.2. The SMILES string of the molecule is CCCCCCCCCCCCOC(=O)Oc1ccc(COP(=O)(OCc2ccc(OC(=O)CCC)cc2)OP(=O)(O)OP(=O)(O)OC[C@@H]2C=C[C@H](n3cc(C)c(=O)[nH]c3=O)O2)cc1.N.N. The van der Waals surface area contributed by atoms with Crippen LogP contribution in [0.1, 0.15) is 114 Å². The number of esters is 1. The number of hydrogen-bond donors (Lipinski definition) is 5. The van der Waals surface area contributed by atoms with Crippen LogP contribution >= 0.6 is 23.5 Å². The number of benzene rings is 2. The third-order valence-electron chi connectivity index (χ3n) is 9.27. The van der Waals surface area contributed by atoms with E-state index in [1.165, 1.54) is 112 Å². The van der Waals surface area contributed by atoms with Crippen molar-refractivity contribution in [2.45, 2.75) is 123 Å². The zero-order valence-corrected chi connectivity index (χ0v) is 40.1. The number of phosphoric acid groups is 3. The van der Waals surface area contributed by atoms with Crippen LogP contribution in [-0.4, -0.2) is 50.8 Å². The Morgan fingerprint density at radius 3 is 1.82 bits per heavy atom. The molecule has 1 aromatic heterocycles. The Morgan fingerprint density at radius 1 is 0.712 bits per heavy atom. The maximum absolute atomic E-state index is 13.9. The Balaban J connectivity index is 0.00000748. The maximum atomic E-state index is 13.9.